The van der Waals surface area contributed by atoms with Crippen LogP contribution in [0.25, 0.3) is 0 Å². The van der Waals surface area contributed by atoms with Gasteiger partial charge in [-0.25, -0.2) is 4.79 Å². The number of hydrogen-bond donors (Lipinski definition) is 1. The number of carbonyl (C=O) groups is 1. The fraction of sp³-hybridized carbons (Fsp3) is 0.400. The van der Waals surface area contributed by atoms with Crippen molar-refractivity contribution in [1.29, 1.82) is 0 Å². The summed E-state index contributed by atoms with van der Waals surface area (Å²) in [5.74, 6) is -1.07. The van der Waals surface area contributed by atoms with Crippen LogP contribution in [0.1, 0.15) is 11.7 Å². The summed E-state index contributed by atoms with van der Waals surface area (Å²) in [5.41, 5.74) is 0.652. The third-order valence-corrected chi connectivity index (χ3v) is 3.75. The summed E-state index contributed by atoms with van der Waals surface area (Å²) in [6.07, 6.45) is 0.661. The maximum absolute atomic E-state index is 11.4. The van der Waals surface area contributed by atoms with Crippen molar-refractivity contribution < 1.29 is 24.2 Å². The van der Waals surface area contributed by atoms with Gasteiger partial charge in [-0.05, 0) is 12.1 Å². The minimum atomic E-state index is -1.07. The van der Waals surface area contributed by atoms with Crippen LogP contribution in [-0.2, 0) is 19.1 Å². The fourth-order valence-electron chi connectivity index (χ4n) is 2.07. The predicted octanol–water partition coefficient (Wildman–Crippen LogP) is 2.91. The Morgan fingerprint density at radius 2 is 2.13 bits per heavy atom. The van der Waals surface area contributed by atoms with E-state index in [4.69, 9.17) is 37.5 Å². The Morgan fingerprint density at radius 3 is 2.78 bits per heavy atom. The lowest BCUT2D eigenvalue weighted by atomic mass is 10.0. The summed E-state index contributed by atoms with van der Waals surface area (Å²) >= 11 is 12.0. The van der Waals surface area contributed by atoms with Crippen LogP contribution in [0.5, 0.6) is 0 Å². The summed E-state index contributed by atoms with van der Waals surface area (Å²) in [5, 5.41) is 11.6. The molecule has 1 aromatic rings. The van der Waals surface area contributed by atoms with Crippen molar-refractivity contribution >= 4 is 29.2 Å². The van der Waals surface area contributed by atoms with E-state index in [0.717, 1.165) is 0 Å². The first-order chi connectivity index (χ1) is 11.0. The van der Waals surface area contributed by atoms with Crippen LogP contribution in [0, 0.1) is 0 Å². The van der Waals surface area contributed by atoms with Crippen LogP contribution in [-0.4, -0.2) is 49.6 Å². The molecule has 0 saturated carbocycles. The molecule has 8 heteroatoms. The molecule has 1 aliphatic rings. The zero-order chi connectivity index (χ0) is 16.8. The molecule has 0 amide bonds. The molecule has 0 spiro atoms. The fourth-order valence-corrected chi connectivity index (χ4v) is 2.57. The molecule has 126 valence electrons. The van der Waals surface area contributed by atoms with Gasteiger partial charge in [0.05, 0.1) is 31.9 Å². The van der Waals surface area contributed by atoms with E-state index in [1.54, 1.807) is 25.3 Å². The predicted molar refractivity (Wildman–Crippen MR) is 85.4 cm³/mol. The minimum absolute atomic E-state index is 0.103. The van der Waals surface area contributed by atoms with E-state index in [1.165, 1.54) is 11.3 Å². The monoisotopic (exact) mass is 361 g/mol. The van der Waals surface area contributed by atoms with E-state index < -0.39 is 12.1 Å². The number of halogens is 2. The van der Waals surface area contributed by atoms with Gasteiger partial charge in [-0.3, -0.25) is 9.90 Å². The van der Waals surface area contributed by atoms with Crippen LogP contribution in [0.2, 0.25) is 10.0 Å². The van der Waals surface area contributed by atoms with E-state index in [0.29, 0.717) is 42.0 Å². The normalized spacial score (nSPS) is 17.4. The number of ether oxygens (including phenoxy) is 2. The average Bonchev–Trinajstić information content (AvgIpc) is 2.91. The summed E-state index contributed by atoms with van der Waals surface area (Å²) in [4.78, 5) is 17.1. The molecule has 2 rings (SSSR count). The first kappa shape index (κ1) is 18.0. The summed E-state index contributed by atoms with van der Waals surface area (Å²) < 4.78 is 10.2. The van der Waals surface area contributed by atoms with Gasteiger partial charge in [-0.1, -0.05) is 29.3 Å². The molecule has 1 heterocycles. The topological polar surface area (TPSA) is 68.2 Å². The highest BCUT2D eigenvalue weighted by atomic mass is 35.5. The second-order valence-corrected chi connectivity index (χ2v) is 5.63. The lowest BCUT2D eigenvalue weighted by Gasteiger charge is -2.19. The molecule has 1 aliphatic heterocycles. The van der Waals surface area contributed by atoms with Gasteiger partial charge in [0.1, 0.15) is 6.10 Å². The molecule has 1 aromatic carbocycles. The maximum Gasteiger partial charge on any atom is 0.336 e. The van der Waals surface area contributed by atoms with E-state index in [9.17, 15) is 9.90 Å². The number of carboxylic acids is 1. The first-order valence-corrected chi connectivity index (χ1v) is 7.68. The van der Waals surface area contributed by atoms with Crippen molar-refractivity contribution in [2.45, 2.75) is 6.10 Å². The van der Waals surface area contributed by atoms with Crippen LogP contribution in [0.15, 0.2) is 30.0 Å². The number of rotatable bonds is 8. The van der Waals surface area contributed by atoms with Crippen LogP contribution < -0.4 is 0 Å². The summed E-state index contributed by atoms with van der Waals surface area (Å²) in [6.45, 7) is 1.74. The van der Waals surface area contributed by atoms with E-state index >= 15 is 0 Å². The maximum atomic E-state index is 11.4. The average molecular weight is 362 g/mol. The number of aliphatic carboxylic acids is 1. The lowest BCUT2D eigenvalue weighted by Crippen LogP contribution is -2.21. The number of hydroxylamine groups is 2. The molecule has 6 nitrogen and oxygen atoms in total. The smallest absolute Gasteiger partial charge is 0.336 e. The van der Waals surface area contributed by atoms with Gasteiger partial charge < -0.3 is 14.6 Å². The highest BCUT2D eigenvalue weighted by Crippen LogP contribution is 2.37. The molecule has 23 heavy (non-hydrogen) atoms. The Morgan fingerprint density at radius 1 is 1.35 bits per heavy atom. The molecule has 0 saturated heterocycles. The number of hydrogen-bond acceptors (Lipinski definition) is 5. The number of nitrogens with zero attached hydrogens (tertiary/aromatic N) is 1. The van der Waals surface area contributed by atoms with Crippen LogP contribution in [0.3, 0.4) is 0 Å². The van der Waals surface area contributed by atoms with E-state index in [2.05, 4.69) is 0 Å². The molecular weight excluding hydrogens is 345 g/mol. The molecule has 0 fully saturated rings. The highest BCUT2D eigenvalue weighted by Gasteiger charge is 2.33. The molecule has 0 radical (unpaired) electrons. The standard InChI is InChI=1S/C15H17Cl2NO5/c1-21-6-7-22-5-4-18-9-12(15(19)20)14(23-18)11-3-2-10(16)8-13(11)17/h2-3,8-9,14H,4-7H2,1H3,(H,19,20). The Labute approximate surface area is 144 Å². The zero-order valence-electron chi connectivity index (χ0n) is 12.5. The third-order valence-electron chi connectivity index (χ3n) is 3.19. The minimum Gasteiger partial charge on any atom is -0.478 e. The van der Waals surface area contributed by atoms with Gasteiger partial charge in [0.15, 0.2) is 0 Å². The van der Waals surface area contributed by atoms with Gasteiger partial charge >= 0.3 is 5.97 Å². The first-order valence-electron chi connectivity index (χ1n) is 6.93. The molecular formula is C15H17Cl2NO5. The van der Waals surface area contributed by atoms with Gasteiger partial charge in [0, 0.05) is 28.9 Å². The number of benzene rings is 1. The molecule has 1 N–H and O–H groups in total. The van der Waals surface area contributed by atoms with Gasteiger partial charge in [0.2, 0.25) is 0 Å². The van der Waals surface area contributed by atoms with Crippen LogP contribution in [0.4, 0.5) is 0 Å². The summed E-state index contributed by atoms with van der Waals surface area (Å²) in [7, 11) is 1.59. The Hall–Kier alpha value is -1.31. The van der Waals surface area contributed by atoms with Crippen molar-refractivity contribution in [1.82, 2.24) is 5.06 Å². The lowest BCUT2D eigenvalue weighted by molar-refractivity contribution is -0.147. The highest BCUT2D eigenvalue weighted by molar-refractivity contribution is 6.35. The van der Waals surface area contributed by atoms with Crippen LogP contribution >= 0.6 is 23.2 Å². The quantitative estimate of drug-likeness (QED) is 0.718. The van der Waals surface area contributed by atoms with Gasteiger partial charge in [-0.2, -0.15) is 0 Å². The van der Waals surface area contributed by atoms with Crippen molar-refractivity contribution in [2.75, 3.05) is 33.5 Å². The van der Waals surface area contributed by atoms with E-state index in [-0.39, 0.29) is 5.57 Å². The van der Waals surface area contributed by atoms with Crippen molar-refractivity contribution in [3.63, 3.8) is 0 Å². The largest absolute Gasteiger partial charge is 0.478 e. The molecule has 1 unspecified atom stereocenters. The second-order valence-electron chi connectivity index (χ2n) is 4.79. The molecule has 0 bridgehead atoms. The van der Waals surface area contributed by atoms with Gasteiger partial charge in [0.25, 0.3) is 0 Å². The molecule has 0 aromatic heterocycles. The van der Waals surface area contributed by atoms with Crippen molar-refractivity contribution in [2.24, 2.45) is 0 Å². The van der Waals surface area contributed by atoms with Crippen molar-refractivity contribution in [3.05, 3.63) is 45.6 Å². The SMILES string of the molecule is COCCOCCN1C=C(C(=O)O)C(c2ccc(Cl)cc2Cl)O1. The van der Waals surface area contributed by atoms with Crippen molar-refractivity contribution in [3.8, 4) is 0 Å². The Kier molecular flexibility index (Phi) is 6.68. The Bertz CT molecular complexity index is 593. The number of carboxylic acid groups (broad SMARTS) is 1. The molecule has 1 atom stereocenters. The third kappa shape index (κ3) is 4.83. The van der Waals surface area contributed by atoms with Gasteiger partial charge in [-0.15, -0.1) is 0 Å². The Balaban J connectivity index is 2.04. The van der Waals surface area contributed by atoms with E-state index in [1.807, 2.05) is 0 Å². The second kappa shape index (κ2) is 8.52. The number of methoxy groups -OCH3 is 1. The summed E-state index contributed by atoms with van der Waals surface area (Å²) in [6, 6.07) is 4.85. The zero-order valence-corrected chi connectivity index (χ0v) is 14.0. The molecule has 0 aliphatic carbocycles.